The van der Waals surface area contributed by atoms with Crippen LogP contribution in [-0.4, -0.2) is 36.0 Å². The monoisotopic (exact) mass is 222 g/mol. The highest BCUT2D eigenvalue weighted by atomic mass is 16.2. The standard InChI is InChI=1S/C13H22N2O/c16-13-8-10-9-14-7-6-12(10)15(13)11-4-2-1-3-5-11/h10-12,14H,1-9H2. The van der Waals surface area contributed by atoms with Crippen molar-refractivity contribution in [2.24, 2.45) is 5.92 Å². The van der Waals surface area contributed by atoms with Gasteiger partial charge in [0.1, 0.15) is 0 Å². The summed E-state index contributed by atoms with van der Waals surface area (Å²) in [5.74, 6) is 1.04. The molecular weight excluding hydrogens is 200 g/mol. The number of carbonyl (C=O) groups is 1. The summed E-state index contributed by atoms with van der Waals surface area (Å²) in [6.45, 7) is 2.15. The number of nitrogens with zero attached hydrogens (tertiary/aromatic N) is 1. The predicted molar refractivity (Wildman–Crippen MR) is 63.1 cm³/mol. The predicted octanol–water partition coefficient (Wildman–Crippen LogP) is 1.53. The van der Waals surface area contributed by atoms with Crippen LogP contribution in [-0.2, 0) is 4.79 Å². The Bertz CT molecular complexity index is 273. The topological polar surface area (TPSA) is 32.3 Å². The van der Waals surface area contributed by atoms with Gasteiger partial charge in [0.15, 0.2) is 0 Å². The first-order chi connectivity index (χ1) is 7.86. The van der Waals surface area contributed by atoms with Gasteiger partial charge >= 0.3 is 0 Å². The van der Waals surface area contributed by atoms with Gasteiger partial charge in [0, 0.05) is 31.0 Å². The fourth-order valence-corrected chi connectivity index (χ4v) is 3.83. The molecule has 0 aromatic rings. The minimum Gasteiger partial charge on any atom is -0.336 e. The molecule has 2 heterocycles. The minimum absolute atomic E-state index is 0.436. The zero-order valence-electron chi connectivity index (χ0n) is 9.95. The molecule has 2 saturated heterocycles. The molecule has 0 bridgehead atoms. The molecule has 1 aliphatic carbocycles. The zero-order chi connectivity index (χ0) is 11.0. The number of nitrogens with one attached hydrogen (secondary N) is 1. The molecule has 90 valence electrons. The Morgan fingerprint density at radius 3 is 2.75 bits per heavy atom. The van der Waals surface area contributed by atoms with E-state index in [0.717, 1.165) is 19.5 Å². The van der Waals surface area contributed by atoms with Crippen molar-refractivity contribution in [3.63, 3.8) is 0 Å². The van der Waals surface area contributed by atoms with Crippen molar-refractivity contribution in [1.29, 1.82) is 0 Å². The summed E-state index contributed by atoms with van der Waals surface area (Å²) in [5, 5.41) is 3.42. The summed E-state index contributed by atoms with van der Waals surface area (Å²) in [5.41, 5.74) is 0. The first-order valence-corrected chi connectivity index (χ1v) is 6.88. The van der Waals surface area contributed by atoms with Crippen molar-refractivity contribution in [2.45, 2.75) is 57.0 Å². The number of carbonyl (C=O) groups excluding carboxylic acids is 1. The summed E-state index contributed by atoms with van der Waals surface area (Å²) in [4.78, 5) is 14.4. The van der Waals surface area contributed by atoms with Gasteiger partial charge in [0.2, 0.25) is 5.91 Å². The highest BCUT2D eigenvalue weighted by Crippen LogP contribution is 2.35. The van der Waals surface area contributed by atoms with E-state index < -0.39 is 0 Å². The zero-order valence-corrected chi connectivity index (χ0v) is 9.95. The third-order valence-corrected chi connectivity index (χ3v) is 4.62. The van der Waals surface area contributed by atoms with Gasteiger partial charge in [-0.3, -0.25) is 4.79 Å². The van der Waals surface area contributed by atoms with Gasteiger partial charge in [-0.05, 0) is 25.8 Å². The highest BCUT2D eigenvalue weighted by molar-refractivity contribution is 5.79. The minimum atomic E-state index is 0.436. The molecular formula is C13H22N2O. The second-order valence-electron chi connectivity index (χ2n) is 5.62. The third-order valence-electron chi connectivity index (χ3n) is 4.62. The average Bonchev–Trinajstić information content (AvgIpc) is 2.66. The van der Waals surface area contributed by atoms with E-state index >= 15 is 0 Å². The molecule has 0 aromatic carbocycles. The molecule has 3 aliphatic rings. The summed E-state index contributed by atoms with van der Waals surface area (Å²) >= 11 is 0. The van der Waals surface area contributed by atoms with E-state index in [-0.39, 0.29) is 0 Å². The van der Waals surface area contributed by atoms with Crippen LogP contribution in [0.15, 0.2) is 0 Å². The first kappa shape index (κ1) is 10.6. The van der Waals surface area contributed by atoms with E-state index in [0.29, 0.717) is 23.9 Å². The van der Waals surface area contributed by atoms with Crippen LogP contribution in [0.3, 0.4) is 0 Å². The molecule has 1 N–H and O–H groups in total. The van der Waals surface area contributed by atoms with E-state index in [4.69, 9.17) is 0 Å². The summed E-state index contributed by atoms with van der Waals surface area (Å²) in [6, 6.07) is 1.14. The number of likely N-dealkylation sites (tertiary alicyclic amines) is 1. The summed E-state index contributed by atoms with van der Waals surface area (Å²) < 4.78 is 0. The summed E-state index contributed by atoms with van der Waals surface area (Å²) in [7, 11) is 0. The van der Waals surface area contributed by atoms with Gasteiger partial charge in [-0.2, -0.15) is 0 Å². The Morgan fingerprint density at radius 2 is 1.94 bits per heavy atom. The Kier molecular flexibility index (Phi) is 2.88. The van der Waals surface area contributed by atoms with Crippen LogP contribution in [0.1, 0.15) is 44.9 Å². The van der Waals surface area contributed by atoms with E-state index in [1.54, 1.807) is 0 Å². The largest absolute Gasteiger partial charge is 0.336 e. The van der Waals surface area contributed by atoms with Crippen molar-refractivity contribution in [1.82, 2.24) is 10.2 Å². The normalized spacial score (nSPS) is 36.5. The maximum absolute atomic E-state index is 12.1. The van der Waals surface area contributed by atoms with Gasteiger partial charge < -0.3 is 10.2 Å². The molecule has 3 heteroatoms. The molecule has 2 atom stereocenters. The molecule has 0 aromatic heterocycles. The van der Waals surface area contributed by atoms with Gasteiger partial charge in [-0.1, -0.05) is 19.3 Å². The fourth-order valence-electron chi connectivity index (χ4n) is 3.83. The number of hydrogen-bond acceptors (Lipinski definition) is 2. The van der Waals surface area contributed by atoms with Gasteiger partial charge in [-0.25, -0.2) is 0 Å². The lowest BCUT2D eigenvalue weighted by Crippen LogP contribution is -2.49. The Hall–Kier alpha value is -0.570. The van der Waals surface area contributed by atoms with E-state index in [2.05, 4.69) is 10.2 Å². The molecule has 16 heavy (non-hydrogen) atoms. The Morgan fingerprint density at radius 1 is 1.12 bits per heavy atom. The quantitative estimate of drug-likeness (QED) is 0.729. The van der Waals surface area contributed by atoms with Crippen molar-refractivity contribution in [3.8, 4) is 0 Å². The van der Waals surface area contributed by atoms with E-state index in [1.807, 2.05) is 0 Å². The second kappa shape index (κ2) is 4.36. The lowest BCUT2D eigenvalue weighted by atomic mass is 9.90. The maximum Gasteiger partial charge on any atom is 0.223 e. The molecule has 2 unspecified atom stereocenters. The van der Waals surface area contributed by atoms with Crippen molar-refractivity contribution in [3.05, 3.63) is 0 Å². The van der Waals surface area contributed by atoms with Crippen molar-refractivity contribution >= 4 is 5.91 Å². The molecule has 0 radical (unpaired) electrons. The van der Waals surface area contributed by atoms with Gasteiger partial charge in [-0.15, -0.1) is 0 Å². The maximum atomic E-state index is 12.1. The van der Waals surface area contributed by atoms with Crippen LogP contribution >= 0.6 is 0 Å². The van der Waals surface area contributed by atoms with E-state index in [1.165, 1.54) is 38.5 Å². The number of piperidine rings is 1. The number of hydrogen-bond donors (Lipinski definition) is 1. The summed E-state index contributed by atoms with van der Waals surface area (Å²) in [6.07, 6.45) is 8.49. The van der Waals surface area contributed by atoms with E-state index in [9.17, 15) is 4.79 Å². The molecule has 3 nitrogen and oxygen atoms in total. The number of amides is 1. The smallest absolute Gasteiger partial charge is 0.223 e. The van der Waals surface area contributed by atoms with Crippen LogP contribution < -0.4 is 5.32 Å². The Balaban J connectivity index is 1.74. The fraction of sp³-hybridized carbons (Fsp3) is 0.923. The molecule has 1 saturated carbocycles. The Labute approximate surface area is 97.6 Å². The lowest BCUT2D eigenvalue weighted by molar-refractivity contribution is -0.132. The molecule has 2 aliphatic heterocycles. The van der Waals surface area contributed by atoms with Crippen LogP contribution in [0.4, 0.5) is 0 Å². The first-order valence-electron chi connectivity index (χ1n) is 6.88. The molecule has 3 fully saturated rings. The number of rotatable bonds is 1. The third kappa shape index (κ3) is 1.75. The van der Waals surface area contributed by atoms with Crippen LogP contribution in [0, 0.1) is 5.92 Å². The number of fused-ring (bicyclic) bond motifs is 1. The second-order valence-corrected chi connectivity index (χ2v) is 5.62. The highest BCUT2D eigenvalue weighted by Gasteiger charge is 2.43. The SMILES string of the molecule is O=C1CC2CNCCC2N1C1CCCCC1. The average molecular weight is 222 g/mol. The lowest BCUT2D eigenvalue weighted by Gasteiger charge is -2.39. The van der Waals surface area contributed by atoms with Gasteiger partial charge in [0.05, 0.1) is 0 Å². The van der Waals surface area contributed by atoms with Gasteiger partial charge in [0.25, 0.3) is 0 Å². The van der Waals surface area contributed by atoms with Crippen molar-refractivity contribution in [2.75, 3.05) is 13.1 Å². The van der Waals surface area contributed by atoms with Crippen molar-refractivity contribution < 1.29 is 4.79 Å². The van der Waals surface area contributed by atoms with Crippen LogP contribution in [0.2, 0.25) is 0 Å². The molecule has 3 rings (SSSR count). The molecule has 0 spiro atoms. The molecule has 1 amide bonds. The van der Waals surface area contributed by atoms with Crippen LogP contribution in [0.5, 0.6) is 0 Å². The van der Waals surface area contributed by atoms with Crippen LogP contribution in [0.25, 0.3) is 0 Å².